The normalized spacial score (nSPS) is 11.2. The number of nitrogens with zero attached hydrogens (tertiary/aromatic N) is 3. The van der Waals surface area contributed by atoms with Crippen LogP contribution in [0.15, 0.2) is 41.7 Å². The fourth-order valence-corrected chi connectivity index (χ4v) is 1.75. The molecule has 8 nitrogen and oxygen atoms in total. The van der Waals surface area contributed by atoms with Crippen LogP contribution in [0.4, 0.5) is 0 Å². The molecule has 10 N–H and O–H groups in total. The predicted octanol–water partition coefficient (Wildman–Crippen LogP) is -2.95. The maximum atomic E-state index is 5.46. The molecule has 0 bridgehead atoms. The number of nitrogens with two attached hydrogens (primary N) is 3. The van der Waals surface area contributed by atoms with E-state index in [1.807, 2.05) is 24.3 Å². The standard InChI is InChI=1S/C14H18N8/c15-13(16)21-7-9-1-3-11(19-5-9)12-4-2-10(6-20-12)8-22-14(17)18/h1-6H,7-8H2,(H4,15,16,21)(H4,17,18,22)/p+2. The number of aromatic nitrogens is 2. The van der Waals surface area contributed by atoms with Crippen molar-refractivity contribution in [2.24, 2.45) is 22.2 Å². The van der Waals surface area contributed by atoms with Gasteiger partial charge in [-0.05, 0) is 17.7 Å². The van der Waals surface area contributed by atoms with Crippen LogP contribution in [0, 0.1) is 0 Å². The fraction of sp³-hybridized carbons (Fsp3) is 0.143. The fourth-order valence-electron chi connectivity index (χ4n) is 1.75. The lowest BCUT2D eigenvalue weighted by atomic mass is 10.2. The molecule has 8 heteroatoms. The topological polar surface area (TPSA) is 158 Å². The van der Waals surface area contributed by atoms with Gasteiger partial charge in [-0.25, -0.2) is 15.7 Å². The molecule has 0 amide bonds. The molecule has 2 aromatic rings. The summed E-state index contributed by atoms with van der Waals surface area (Å²) in [7, 11) is 0. The van der Waals surface area contributed by atoms with Crippen molar-refractivity contribution < 1.29 is 10.7 Å². The van der Waals surface area contributed by atoms with Gasteiger partial charge in [-0.2, -0.15) is 0 Å². The van der Waals surface area contributed by atoms with E-state index >= 15 is 0 Å². The van der Waals surface area contributed by atoms with Gasteiger partial charge in [-0.15, -0.1) is 0 Å². The second kappa shape index (κ2) is 7.14. The lowest BCUT2D eigenvalue weighted by Crippen LogP contribution is -2.87. The number of guanidine groups is 2. The number of aliphatic imine (C=N–C) groups is 1. The third-order valence-corrected chi connectivity index (χ3v) is 2.88. The quantitative estimate of drug-likeness (QED) is 0.295. The molecule has 22 heavy (non-hydrogen) atoms. The molecule has 2 heterocycles. The molecule has 0 atom stereocenters. The van der Waals surface area contributed by atoms with E-state index in [0.717, 1.165) is 22.5 Å². The minimum Gasteiger partial charge on any atom is -0.370 e. The maximum Gasteiger partial charge on any atom is 0.434 e. The van der Waals surface area contributed by atoms with Gasteiger partial charge in [0.1, 0.15) is 6.54 Å². The second-order valence-electron chi connectivity index (χ2n) is 4.72. The number of nitrogens with one attached hydrogen (secondary N) is 1. The first kappa shape index (κ1) is 15.4. The highest BCUT2D eigenvalue weighted by atomic mass is 15.0. The zero-order valence-corrected chi connectivity index (χ0v) is 12.2. The van der Waals surface area contributed by atoms with Gasteiger partial charge in [0.25, 0.3) is 0 Å². The van der Waals surface area contributed by atoms with E-state index in [1.165, 1.54) is 0 Å². The Labute approximate surface area is 128 Å². The van der Waals surface area contributed by atoms with Gasteiger partial charge in [-0.3, -0.25) is 15.7 Å². The zero-order valence-electron chi connectivity index (χ0n) is 12.2. The number of quaternary nitrogens is 1. The van der Waals surface area contributed by atoms with Crippen molar-refractivity contribution in [1.82, 2.24) is 9.97 Å². The van der Waals surface area contributed by atoms with Crippen LogP contribution in [0.1, 0.15) is 11.1 Å². The van der Waals surface area contributed by atoms with Crippen molar-refractivity contribution in [3.8, 4) is 11.4 Å². The van der Waals surface area contributed by atoms with Crippen LogP contribution in [0.3, 0.4) is 0 Å². The maximum absolute atomic E-state index is 5.46. The molecule has 0 unspecified atom stereocenters. The van der Waals surface area contributed by atoms with E-state index in [4.69, 9.17) is 17.2 Å². The molecule has 0 aliphatic heterocycles. The number of hydrogen-bond acceptors (Lipinski definition) is 3. The first-order valence-electron chi connectivity index (χ1n) is 6.68. The molecule has 0 spiro atoms. The summed E-state index contributed by atoms with van der Waals surface area (Å²) < 4.78 is 0. The zero-order chi connectivity index (χ0) is 15.9. The molecule has 0 aromatic carbocycles. The van der Waals surface area contributed by atoms with Crippen molar-refractivity contribution in [2.75, 3.05) is 0 Å². The number of hydrogen-bond donors (Lipinski definition) is 5. The predicted molar refractivity (Wildman–Crippen MR) is 83.7 cm³/mol. The molecular formula is C14H20N8+2. The lowest BCUT2D eigenvalue weighted by molar-refractivity contribution is -0.519. The number of pyridine rings is 2. The summed E-state index contributed by atoms with van der Waals surface area (Å²) in [5.41, 5.74) is 23.2. The Morgan fingerprint density at radius 2 is 1.59 bits per heavy atom. The summed E-state index contributed by atoms with van der Waals surface area (Å²) in [6.07, 6.45) is 3.51. The highest BCUT2D eigenvalue weighted by Gasteiger charge is 2.03. The molecular weight excluding hydrogens is 280 g/mol. The summed E-state index contributed by atoms with van der Waals surface area (Å²) >= 11 is 0. The third kappa shape index (κ3) is 4.53. The van der Waals surface area contributed by atoms with Gasteiger partial charge in [0.15, 0.2) is 5.96 Å². The second-order valence-corrected chi connectivity index (χ2v) is 4.72. The Morgan fingerprint density at radius 1 is 1.00 bits per heavy atom. The summed E-state index contributed by atoms with van der Waals surface area (Å²) in [4.78, 5) is 15.6. The van der Waals surface area contributed by atoms with Crippen LogP contribution in [0.2, 0.25) is 0 Å². The van der Waals surface area contributed by atoms with Gasteiger partial charge >= 0.3 is 5.96 Å². The molecule has 2 rings (SSSR count). The average molecular weight is 300 g/mol. The minimum atomic E-state index is 0.0649. The molecule has 0 aliphatic rings. The van der Waals surface area contributed by atoms with Gasteiger partial charge in [0.2, 0.25) is 0 Å². The van der Waals surface area contributed by atoms with Crippen molar-refractivity contribution in [3.63, 3.8) is 0 Å². The van der Waals surface area contributed by atoms with Crippen molar-refractivity contribution in [3.05, 3.63) is 47.8 Å². The van der Waals surface area contributed by atoms with Crippen LogP contribution in [0.25, 0.3) is 11.4 Å². The molecule has 0 radical (unpaired) electrons. The Bertz CT molecular complexity index is 603. The summed E-state index contributed by atoms with van der Waals surface area (Å²) in [6, 6.07) is 7.69. The van der Waals surface area contributed by atoms with Crippen LogP contribution >= 0.6 is 0 Å². The van der Waals surface area contributed by atoms with E-state index in [0.29, 0.717) is 19.0 Å². The van der Waals surface area contributed by atoms with Crippen LogP contribution in [0.5, 0.6) is 0 Å². The molecule has 0 fully saturated rings. The lowest BCUT2D eigenvalue weighted by Gasteiger charge is -2.02. The Kier molecular flexibility index (Phi) is 4.99. The number of rotatable bonds is 5. The first-order chi connectivity index (χ1) is 10.5. The van der Waals surface area contributed by atoms with E-state index < -0.39 is 0 Å². The van der Waals surface area contributed by atoms with Crippen LogP contribution in [-0.2, 0) is 13.1 Å². The van der Waals surface area contributed by atoms with Crippen molar-refractivity contribution in [2.45, 2.75) is 13.1 Å². The van der Waals surface area contributed by atoms with Crippen LogP contribution < -0.4 is 27.9 Å². The Morgan fingerprint density at radius 3 is 2.05 bits per heavy atom. The van der Waals surface area contributed by atoms with Crippen molar-refractivity contribution in [1.29, 1.82) is 0 Å². The highest BCUT2D eigenvalue weighted by Crippen LogP contribution is 2.14. The smallest absolute Gasteiger partial charge is 0.370 e. The largest absolute Gasteiger partial charge is 0.434 e. The van der Waals surface area contributed by atoms with Gasteiger partial charge in [0.05, 0.1) is 17.9 Å². The minimum absolute atomic E-state index is 0.0649. The third-order valence-electron chi connectivity index (χ3n) is 2.88. The van der Waals surface area contributed by atoms with Crippen molar-refractivity contribution >= 4 is 11.9 Å². The van der Waals surface area contributed by atoms with E-state index in [9.17, 15) is 0 Å². The molecule has 0 aliphatic carbocycles. The molecule has 114 valence electrons. The van der Waals surface area contributed by atoms with E-state index in [2.05, 4.69) is 25.7 Å². The monoisotopic (exact) mass is 300 g/mol. The summed E-state index contributed by atoms with van der Waals surface area (Å²) in [5, 5.41) is 0. The first-order valence-corrected chi connectivity index (χ1v) is 6.68. The van der Waals surface area contributed by atoms with Crippen LogP contribution in [-0.4, -0.2) is 21.9 Å². The van der Waals surface area contributed by atoms with Gasteiger partial charge in [-0.1, -0.05) is 12.1 Å². The Balaban J connectivity index is 2.08. The summed E-state index contributed by atoms with van der Waals surface area (Å²) in [5.74, 6) is 0.497. The summed E-state index contributed by atoms with van der Waals surface area (Å²) in [6.45, 7) is 1.00. The Hall–Kier alpha value is -3.00. The molecule has 0 saturated heterocycles. The van der Waals surface area contributed by atoms with Gasteiger partial charge < -0.3 is 11.5 Å². The van der Waals surface area contributed by atoms with E-state index in [1.54, 1.807) is 12.4 Å². The van der Waals surface area contributed by atoms with E-state index in [-0.39, 0.29) is 5.96 Å². The SMILES string of the molecule is NC(N)=NCc1ccc(-c2ccc(C[NH+]=C(N)[NH3+])cn2)nc1. The van der Waals surface area contributed by atoms with Gasteiger partial charge in [0, 0.05) is 18.0 Å². The average Bonchev–Trinajstić information content (AvgIpc) is 2.52. The molecule has 2 aromatic heterocycles. The highest BCUT2D eigenvalue weighted by molar-refractivity contribution is 5.75. The molecule has 0 saturated carbocycles.